The molecule has 3 rings (SSSR count). The van der Waals surface area contributed by atoms with Crippen LogP contribution in [0.25, 0.3) is 0 Å². The van der Waals surface area contributed by atoms with Gasteiger partial charge in [-0.3, -0.25) is 4.90 Å². The minimum Gasteiger partial charge on any atom is -0.369 e. The van der Waals surface area contributed by atoms with E-state index in [4.69, 9.17) is 5.73 Å². The minimum absolute atomic E-state index is 0.736. The molecule has 1 aliphatic carbocycles. The molecule has 0 aromatic heterocycles. The van der Waals surface area contributed by atoms with Gasteiger partial charge in [-0.25, -0.2) is 0 Å². The standard InChI is InChI=1S/C17H27N3/c1-14-12-17(5-4-16(14)6-7-18)20-10-8-19(9-11-20)13-15-2-3-15/h4-5,12,15H,2-3,6-11,13,18H2,1H3. The third-order valence-electron chi connectivity index (χ3n) is 4.69. The molecule has 2 aliphatic rings. The number of nitrogens with zero attached hydrogens (tertiary/aromatic N) is 2. The Bertz CT molecular complexity index is 446. The molecule has 0 atom stereocenters. The van der Waals surface area contributed by atoms with Gasteiger partial charge in [-0.15, -0.1) is 0 Å². The molecule has 0 spiro atoms. The first-order valence-electron chi connectivity index (χ1n) is 8.03. The fourth-order valence-electron chi connectivity index (χ4n) is 3.17. The predicted octanol–water partition coefficient (Wildman–Crippen LogP) is 2.03. The first-order chi connectivity index (χ1) is 9.76. The summed E-state index contributed by atoms with van der Waals surface area (Å²) < 4.78 is 0. The van der Waals surface area contributed by atoms with Crippen LogP contribution in [0.1, 0.15) is 24.0 Å². The van der Waals surface area contributed by atoms with Crippen LogP contribution in [0, 0.1) is 12.8 Å². The van der Waals surface area contributed by atoms with Gasteiger partial charge in [-0.2, -0.15) is 0 Å². The molecule has 2 N–H and O–H groups in total. The van der Waals surface area contributed by atoms with Gasteiger partial charge < -0.3 is 10.6 Å². The van der Waals surface area contributed by atoms with Crippen LogP contribution in [-0.2, 0) is 6.42 Å². The molecule has 3 heteroatoms. The zero-order chi connectivity index (χ0) is 13.9. The van der Waals surface area contributed by atoms with Crippen LogP contribution in [0.15, 0.2) is 18.2 Å². The second-order valence-electron chi connectivity index (χ2n) is 6.38. The fourth-order valence-corrected chi connectivity index (χ4v) is 3.17. The molecule has 20 heavy (non-hydrogen) atoms. The second-order valence-corrected chi connectivity index (χ2v) is 6.38. The van der Waals surface area contributed by atoms with Crippen LogP contribution >= 0.6 is 0 Å². The number of hydrogen-bond donors (Lipinski definition) is 1. The summed E-state index contributed by atoms with van der Waals surface area (Å²) in [5.74, 6) is 1.01. The van der Waals surface area contributed by atoms with E-state index in [1.54, 1.807) is 0 Å². The number of nitrogens with two attached hydrogens (primary N) is 1. The first-order valence-corrected chi connectivity index (χ1v) is 8.03. The van der Waals surface area contributed by atoms with Crippen LogP contribution in [0.5, 0.6) is 0 Å². The van der Waals surface area contributed by atoms with Gasteiger partial charge in [0.25, 0.3) is 0 Å². The summed E-state index contributed by atoms with van der Waals surface area (Å²) in [7, 11) is 0. The smallest absolute Gasteiger partial charge is 0.0369 e. The lowest BCUT2D eigenvalue weighted by molar-refractivity contribution is 0.248. The summed E-state index contributed by atoms with van der Waals surface area (Å²) in [6.07, 6.45) is 3.91. The lowest BCUT2D eigenvalue weighted by Crippen LogP contribution is -2.47. The molecule has 1 aromatic carbocycles. The number of aryl methyl sites for hydroxylation is 1. The third-order valence-corrected chi connectivity index (χ3v) is 4.69. The van der Waals surface area contributed by atoms with Crippen LogP contribution in [0.4, 0.5) is 5.69 Å². The van der Waals surface area contributed by atoms with E-state index in [1.807, 2.05) is 0 Å². The summed E-state index contributed by atoms with van der Waals surface area (Å²) in [5, 5.41) is 0. The van der Waals surface area contributed by atoms with Crippen molar-refractivity contribution in [1.82, 2.24) is 4.90 Å². The van der Waals surface area contributed by atoms with Crippen molar-refractivity contribution in [2.24, 2.45) is 11.7 Å². The molecule has 0 radical (unpaired) electrons. The number of piperazine rings is 1. The SMILES string of the molecule is Cc1cc(N2CCN(CC3CC3)CC2)ccc1CCN. The minimum atomic E-state index is 0.736. The van der Waals surface area contributed by atoms with Gasteiger partial charge in [0.15, 0.2) is 0 Å². The van der Waals surface area contributed by atoms with Crippen LogP contribution in [-0.4, -0.2) is 44.2 Å². The van der Waals surface area contributed by atoms with Crippen molar-refractivity contribution in [3.05, 3.63) is 29.3 Å². The van der Waals surface area contributed by atoms with Crippen molar-refractivity contribution in [3.63, 3.8) is 0 Å². The highest BCUT2D eigenvalue weighted by molar-refractivity contribution is 5.51. The van der Waals surface area contributed by atoms with E-state index in [2.05, 4.69) is 34.9 Å². The average Bonchev–Trinajstić information content (AvgIpc) is 3.26. The maximum Gasteiger partial charge on any atom is 0.0369 e. The highest BCUT2D eigenvalue weighted by Gasteiger charge is 2.26. The number of rotatable bonds is 5. The van der Waals surface area contributed by atoms with Gasteiger partial charge >= 0.3 is 0 Å². The Morgan fingerprint density at radius 1 is 1.15 bits per heavy atom. The molecule has 0 amide bonds. The molecule has 1 aliphatic heterocycles. The number of benzene rings is 1. The van der Waals surface area contributed by atoms with Crippen molar-refractivity contribution in [2.75, 3.05) is 44.2 Å². The summed E-state index contributed by atoms with van der Waals surface area (Å²) >= 11 is 0. The van der Waals surface area contributed by atoms with E-state index in [9.17, 15) is 0 Å². The highest BCUT2D eigenvalue weighted by atomic mass is 15.3. The molecule has 1 heterocycles. The Labute approximate surface area is 122 Å². The van der Waals surface area contributed by atoms with Crippen molar-refractivity contribution in [2.45, 2.75) is 26.2 Å². The average molecular weight is 273 g/mol. The van der Waals surface area contributed by atoms with Crippen molar-refractivity contribution < 1.29 is 0 Å². The molecule has 3 nitrogen and oxygen atoms in total. The Kier molecular flexibility index (Phi) is 4.27. The van der Waals surface area contributed by atoms with E-state index in [0.29, 0.717) is 0 Å². The zero-order valence-electron chi connectivity index (χ0n) is 12.6. The Morgan fingerprint density at radius 3 is 2.50 bits per heavy atom. The second kappa shape index (κ2) is 6.15. The lowest BCUT2D eigenvalue weighted by Gasteiger charge is -2.36. The molecular formula is C17H27N3. The van der Waals surface area contributed by atoms with E-state index in [0.717, 1.165) is 18.9 Å². The monoisotopic (exact) mass is 273 g/mol. The van der Waals surface area contributed by atoms with Crippen molar-refractivity contribution in [3.8, 4) is 0 Å². The van der Waals surface area contributed by atoms with Crippen LogP contribution in [0.3, 0.4) is 0 Å². The van der Waals surface area contributed by atoms with Gasteiger partial charge in [0.1, 0.15) is 0 Å². The first kappa shape index (κ1) is 13.9. The largest absolute Gasteiger partial charge is 0.369 e. The van der Waals surface area contributed by atoms with E-state index < -0.39 is 0 Å². The van der Waals surface area contributed by atoms with Crippen LogP contribution in [0.2, 0.25) is 0 Å². The predicted molar refractivity (Wildman–Crippen MR) is 85.3 cm³/mol. The molecular weight excluding hydrogens is 246 g/mol. The molecule has 110 valence electrons. The van der Waals surface area contributed by atoms with Gasteiger partial charge in [0.05, 0.1) is 0 Å². The normalized spacial score (nSPS) is 20.4. The Morgan fingerprint density at radius 2 is 1.90 bits per heavy atom. The molecule has 1 aromatic rings. The van der Waals surface area contributed by atoms with Crippen LogP contribution < -0.4 is 10.6 Å². The summed E-state index contributed by atoms with van der Waals surface area (Å²) in [6.45, 7) is 9.06. The fraction of sp³-hybridized carbons (Fsp3) is 0.647. The quantitative estimate of drug-likeness (QED) is 0.891. The van der Waals surface area contributed by atoms with Gasteiger partial charge in [-0.05, 0) is 61.9 Å². The van der Waals surface area contributed by atoms with Gasteiger partial charge in [-0.1, -0.05) is 6.07 Å². The lowest BCUT2D eigenvalue weighted by atomic mass is 10.0. The van der Waals surface area contributed by atoms with E-state index >= 15 is 0 Å². The maximum atomic E-state index is 5.65. The molecule has 0 unspecified atom stereocenters. The highest BCUT2D eigenvalue weighted by Crippen LogP contribution is 2.30. The zero-order valence-corrected chi connectivity index (χ0v) is 12.6. The van der Waals surface area contributed by atoms with Gasteiger partial charge in [0, 0.05) is 38.4 Å². The molecule has 0 bridgehead atoms. The van der Waals surface area contributed by atoms with Crippen molar-refractivity contribution >= 4 is 5.69 Å². The Hall–Kier alpha value is -1.06. The number of anilines is 1. The Balaban J connectivity index is 1.58. The maximum absolute atomic E-state index is 5.65. The topological polar surface area (TPSA) is 32.5 Å². The number of hydrogen-bond acceptors (Lipinski definition) is 3. The molecule has 1 saturated heterocycles. The summed E-state index contributed by atoms with van der Waals surface area (Å²) in [5.41, 5.74) is 9.81. The summed E-state index contributed by atoms with van der Waals surface area (Å²) in [6, 6.07) is 6.87. The third kappa shape index (κ3) is 3.33. The summed E-state index contributed by atoms with van der Waals surface area (Å²) in [4.78, 5) is 5.17. The van der Waals surface area contributed by atoms with Gasteiger partial charge in [0.2, 0.25) is 0 Å². The van der Waals surface area contributed by atoms with E-state index in [-0.39, 0.29) is 0 Å². The molecule has 2 fully saturated rings. The van der Waals surface area contributed by atoms with Crippen molar-refractivity contribution in [1.29, 1.82) is 0 Å². The van der Waals surface area contributed by atoms with E-state index in [1.165, 1.54) is 62.4 Å². The molecule has 1 saturated carbocycles.